The molecule has 0 aromatic carbocycles. The molecule has 0 aliphatic carbocycles. The second kappa shape index (κ2) is 5.13. The van der Waals surface area contributed by atoms with Crippen LogP contribution in [0.25, 0.3) is 0 Å². The highest BCUT2D eigenvalue weighted by molar-refractivity contribution is 5.90. The van der Waals surface area contributed by atoms with E-state index in [0.29, 0.717) is 32.1 Å². The van der Waals surface area contributed by atoms with Crippen molar-refractivity contribution in [2.45, 2.75) is 6.92 Å². The van der Waals surface area contributed by atoms with Crippen LogP contribution < -0.4 is 0 Å². The van der Waals surface area contributed by atoms with E-state index in [1.807, 2.05) is 0 Å². The Morgan fingerprint density at radius 3 is 2.50 bits per heavy atom. The van der Waals surface area contributed by atoms with Crippen molar-refractivity contribution < 1.29 is 19.2 Å². The molecule has 1 fully saturated rings. The number of piperazine rings is 1. The summed E-state index contributed by atoms with van der Waals surface area (Å²) in [5.41, 5.74) is 0. The number of carbonyl (C=O) groups excluding carboxylic acids is 1. The van der Waals surface area contributed by atoms with Crippen molar-refractivity contribution in [2.75, 3.05) is 32.7 Å². The summed E-state index contributed by atoms with van der Waals surface area (Å²) in [6, 6.07) is 0. The topological polar surface area (TPSA) is 99.8 Å². The van der Waals surface area contributed by atoms with Gasteiger partial charge in [-0.3, -0.25) is 14.5 Å². The zero-order valence-corrected chi connectivity index (χ0v) is 10.00. The van der Waals surface area contributed by atoms with E-state index in [1.165, 1.54) is 0 Å². The maximum Gasteiger partial charge on any atom is 0.317 e. The first-order valence-corrected chi connectivity index (χ1v) is 5.60. The molecule has 1 aromatic heterocycles. The third kappa shape index (κ3) is 2.83. The molecule has 0 radical (unpaired) electrons. The van der Waals surface area contributed by atoms with Gasteiger partial charge in [0, 0.05) is 33.1 Å². The minimum atomic E-state index is -0.858. The van der Waals surface area contributed by atoms with Crippen molar-refractivity contribution in [1.82, 2.24) is 19.9 Å². The predicted octanol–water partition coefficient (Wildman–Crippen LogP) is -0.780. The number of hydrogen-bond donors (Lipinski definition) is 1. The fraction of sp³-hybridized carbons (Fsp3) is 0.600. The van der Waals surface area contributed by atoms with Crippen LogP contribution in [0, 0.1) is 6.92 Å². The summed E-state index contributed by atoms with van der Waals surface area (Å²) >= 11 is 0. The average molecular weight is 254 g/mol. The lowest BCUT2D eigenvalue weighted by Gasteiger charge is -2.33. The molecule has 1 aliphatic heterocycles. The Labute approximate surface area is 103 Å². The summed E-state index contributed by atoms with van der Waals surface area (Å²) in [5.74, 6) is -0.729. The maximum absolute atomic E-state index is 11.9. The van der Waals surface area contributed by atoms with Gasteiger partial charge < -0.3 is 14.5 Å². The van der Waals surface area contributed by atoms with Gasteiger partial charge in [-0.15, -0.1) is 0 Å². The second-order valence-electron chi connectivity index (χ2n) is 4.10. The number of amides is 1. The zero-order valence-electron chi connectivity index (χ0n) is 10.00. The minimum Gasteiger partial charge on any atom is -0.480 e. The van der Waals surface area contributed by atoms with Gasteiger partial charge in [0.05, 0.1) is 6.54 Å². The number of carboxylic acid groups (broad SMARTS) is 1. The van der Waals surface area contributed by atoms with Crippen LogP contribution in [0.5, 0.6) is 0 Å². The number of aryl methyl sites for hydroxylation is 1. The van der Waals surface area contributed by atoms with Crippen molar-refractivity contribution in [3.8, 4) is 0 Å². The highest BCUT2D eigenvalue weighted by atomic mass is 16.5. The Hall–Kier alpha value is -1.96. The molecule has 1 aliphatic rings. The number of aromatic nitrogens is 2. The van der Waals surface area contributed by atoms with E-state index in [1.54, 1.807) is 16.7 Å². The molecule has 18 heavy (non-hydrogen) atoms. The van der Waals surface area contributed by atoms with E-state index in [2.05, 4.69) is 10.1 Å². The fourth-order valence-electron chi connectivity index (χ4n) is 1.83. The van der Waals surface area contributed by atoms with Crippen molar-refractivity contribution >= 4 is 11.9 Å². The van der Waals surface area contributed by atoms with E-state index >= 15 is 0 Å². The largest absolute Gasteiger partial charge is 0.480 e. The van der Waals surface area contributed by atoms with Gasteiger partial charge in [-0.1, -0.05) is 5.16 Å². The van der Waals surface area contributed by atoms with Crippen molar-refractivity contribution in [3.05, 3.63) is 11.7 Å². The Morgan fingerprint density at radius 2 is 2.00 bits per heavy atom. The minimum absolute atomic E-state index is 0.00332. The van der Waals surface area contributed by atoms with Gasteiger partial charge in [0.2, 0.25) is 5.89 Å². The van der Waals surface area contributed by atoms with Crippen LogP contribution in [0.1, 0.15) is 16.5 Å². The molecule has 1 N–H and O–H groups in total. The van der Waals surface area contributed by atoms with Gasteiger partial charge in [-0.2, -0.15) is 4.98 Å². The number of rotatable bonds is 3. The van der Waals surface area contributed by atoms with Gasteiger partial charge in [0.25, 0.3) is 11.7 Å². The number of carboxylic acids is 1. The molecule has 0 bridgehead atoms. The molecule has 1 saturated heterocycles. The Balaban J connectivity index is 1.90. The van der Waals surface area contributed by atoms with Crippen LogP contribution in [0.4, 0.5) is 0 Å². The van der Waals surface area contributed by atoms with Gasteiger partial charge in [-0.05, 0) is 0 Å². The van der Waals surface area contributed by atoms with Gasteiger partial charge in [-0.25, -0.2) is 0 Å². The van der Waals surface area contributed by atoms with Crippen LogP contribution in [-0.2, 0) is 4.79 Å². The van der Waals surface area contributed by atoms with Crippen LogP contribution in [0.3, 0.4) is 0 Å². The molecule has 8 nitrogen and oxygen atoms in total. The first kappa shape index (κ1) is 12.5. The molecule has 2 rings (SSSR count). The second-order valence-corrected chi connectivity index (χ2v) is 4.10. The number of hydrogen-bond acceptors (Lipinski definition) is 6. The van der Waals surface area contributed by atoms with E-state index in [-0.39, 0.29) is 18.3 Å². The van der Waals surface area contributed by atoms with Crippen LogP contribution >= 0.6 is 0 Å². The van der Waals surface area contributed by atoms with E-state index in [9.17, 15) is 9.59 Å². The average Bonchev–Trinajstić information content (AvgIpc) is 2.75. The van der Waals surface area contributed by atoms with Crippen molar-refractivity contribution in [3.63, 3.8) is 0 Å². The van der Waals surface area contributed by atoms with Crippen LogP contribution in [0.15, 0.2) is 4.52 Å². The lowest BCUT2D eigenvalue weighted by Crippen LogP contribution is -2.50. The summed E-state index contributed by atoms with van der Waals surface area (Å²) in [6.45, 7) is 3.64. The number of nitrogens with zero attached hydrogens (tertiary/aromatic N) is 4. The molecule has 0 saturated carbocycles. The molecule has 0 unspecified atom stereocenters. The lowest BCUT2D eigenvalue weighted by atomic mass is 10.3. The summed E-state index contributed by atoms with van der Waals surface area (Å²) in [4.78, 5) is 29.8. The van der Waals surface area contributed by atoms with E-state index in [0.717, 1.165) is 0 Å². The van der Waals surface area contributed by atoms with Gasteiger partial charge in [0.1, 0.15) is 0 Å². The summed E-state index contributed by atoms with van der Waals surface area (Å²) in [6.07, 6.45) is 0. The Bertz CT molecular complexity index is 450. The van der Waals surface area contributed by atoms with Gasteiger partial charge >= 0.3 is 5.97 Å². The van der Waals surface area contributed by atoms with Crippen LogP contribution in [0.2, 0.25) is 0 Å². The normalized spacial score (nSPS) is 16.8. The van der Waals surface area contributed by atoms with E-state index in [4.69, 9.17) is 9.63 Å². The molecule has 98 valence electrons. The van der Waals surface area contributed by atoms with E-state index < -0.39 is 5.97 Å². The third-order valence-electron chi connectivity index (χ3n) is 2.74. The highest BCUT2D eigenvalue weighted by Crippen LogP contribution is 2.06. The lowest BCUT2D eigenvalue weighted by molar-refractivity contribution is -0.138. The first-order chi connectivity index (χ1) is 8.56. The summed E-state index contributed by atoms with van der Waals surface area (Å²) in [7, 11) is 0. The summed E-state index contributed by atoms with van der Waals surface area (Å²) in [5, 5.41) is 12.2. The monoisotopic (exact) mass is 254 g/mol. The standard InChI is InChI=1S/C10H14N4O4/c1-7-11-9(12-18-7)10(17)14-4-2-13(3-5-14)6-8(15)16/h2-6H2,1H3,(H,15,16). The molecule has 0 spiro atoms. The molecule has 1 amide bonds. The molecule has 8 heteroatoms. The highest BCUT2D eigenvalue weighted by Gasteiger charge is 2.25. The fourth-order valence-corrected chi connectivity index (χ4v) is 1.83. The molecular formula is C10H14N4O4. The molecule has 2 heterocycles. The Kier molecular flexibility index (Phi) is 3.56. The first-order valence-electron chi connectivity index (χ1n) is 5.60. The van der Waals surface area contributed by atoms with Crippen molar-refractivity contribution in [2.24, 2.45) is 0 Å². The SMILES string of the molecule is Cc1nc(C(=O)N2CCN(CC(=O)O)CC2)no1. The molecule has 1 aromatic rings. The zero-order chi connectivity index (χ0) is 13.1. The van der Waals surface area contributed by atoms with Crippen molar-refractivity contribution in [1.29, 1.82) is 0 Å². The van der Waals surface area contributed by atoms with Gasteiger partial charge in [0.15, 0.2) is 0 Å². The molecule has 0 atom stereocenters. The Morgan fingerprint density at radius 1 is 1.33 bits per heavy atom. The number of carbonyl (C=O) groups is 2. The van der Waals surface area contributed by atoms with Crippen LogP contribution in [-0.4, -0.2) is 69.6 Å². The summed E-state index contributed by atoms with van der Waals surface area (Å²) < 4.78 is 4.75. The smallest absolute Gasteiger partial charge is 0.317 e. The number of aliphatic carboxylic acids is 1. The maximum atomic E-state index is 11.9. The third-order valence-corrected chi connectivity index (χ3v) is 2.74. The predicted molar refractivity (Wildman–Crippen MR) is 59.0 cm³/mol. The quantitative estimate of drug-likeness (QED) is 0.755. The molecular weight excluding hydrogens is 240 g/mol.